The number of aromatic nitrogens is 5. The van der Waals surface area contributed by atoms with Crippen molar-refractivity contribution in [2.75, 3.05) is 0 Å². The Morgan fingerprint density at radius 3 is 2.65 bits per heavy atom. The number of rotatable bonds is 2. The molecule has 0 unspecified atom stereocenters. The molecule has 0 amide bonds. The van der Waals surface area contributed by atoms with Gasteiger partial charge in [0.05, 0.1) is 5.69 Å². The van der Waals surface area contributed by atoms with Crippen LogP contribution in [0.25, 0.3) is 17.2 Å². The molecule has 3 aromatic rings. The van der Waals surface area contributed by atoms with Crippen LogP contribution in [-0.2, 0) is 0 Å². The van der Waals surface area contributed by atoms with Crippen molar-refractivity contribution in [3.63, 3.8) is 0 Å². The number of nitrogens with zero attached hydrogens (tertiary/aromatic N) is 4. The third-order valence-corrected chi connectivity index (χ3v) is 2.51. The van der Waals surface area contributed by atoms with Crippen molar-refractivity contribution in [2.45, 2.75) is 6.92 Å². The summed E-state index contributed by atoms with van der Waals surface area (Å²) in [6.45, 7) is 1.93. The predicted molar refractivity (Wildman–Crippen MR) is 63.7 cm³/mol. The molecule has 17 heavy (non-hydrogen) atoms. The lowest BCUT2D eigenvalue weighted by Gasteiger charge is -2.00. The molecule has 0 aliphatic heterocycles. The largest absolute Gasteiger partial charge is 0.275 e. The molecule has 3 rings (SSSR count). The Hall–Kier alpha value is -2.43. The van der Waals surface area contributed by atoms with Gasteiger partial charge in [-0.25, -0.2) is 9.67 Å². The first kappa shape index (κ1) is 9.77. The first-order valence-electron chi connectivity index (χ1n) is 5.33. The van der Waals surface area contributed by atoms with Gasteiger partial charge >= 0.3 is 0 Å². The number of benzene rings is 1. The molecule has 5 heteroatoms. The monoisotopic (exact) mass is 225 g/mol. The maximum absolute atomic E-state index is 4.46. The van der Waals surface area contributed by atoms with E-state index in [0.717, 1.165) is 17.2 Å². The van der Waals surface area contributed by atoms with Crippen LogP contribution in [0.5, 0.6) is 0 Å². The molecular formula is C12H11N5. The van der Waals surface area contributed by atoms with E-state index >= 15 is 0 Å². The second kappa shape index (κ2) is 3.86. The fourth-order valence-corrected chi connectivity index (χ4v) is 1.70. The average molecular weight is 225 g/mol. The Kier molecular flexibility index (Phi) is 2.22. The molecule has 0 saturated heterocycles. The van der Waals surface area contributed by atoms with E-state index in [1.165, 1.54) is 0 Å². The molecule has 0 fully saturated rings. The minimum Gasteiger partial charge on any atom is -0.275 e. The van der Waals surface area contributed by atoms with Gasteiger partial charge in [0, 0.05) is 6.20 Å². The summed E-state index contributed by atoms with van der Waals surface area (Å²) < 4.78 is 1.82. The van der Waals surface area contributed by atoms with E-state index in [1.54, 1.807) is 6.20 Å². The molecule has 0 atom stereocenters. The molecule has 1 aromatic carbocycles. The van der Waals surface area contributed by atoms with Crippen LogP contribution < -0.4 is 0 Å². The molecular weight excluding hydrogens is 214 g/mol. The lowest BCUT2D eigenvalue weighted by atomic mass is 10.3. The van der Waals surface area contributed by atoms with E-state index in [4.69, 9.17) is 0 Å². The van der Waals surface area contributed by atoms with E-state index in [-0.39, 0.29) is 0 Å². The maximum atomic E-state index is 4.46. The molecule has 0 radical (unpaired) electrons. The third-order valence-electron chi connectivity index (χ3n) is 2.51. The molecule has 0 aliphatic rings. The second-order valence-corrected chi connectivity index (χ2v) is 3.70. The Bertz CT molecular complexity index is 610. The van der Waals surface area contributed by atoms with Crippen molar-refractivity contribution < 1.29 is 0 Å². The zero-order valence-corrected chi connectivity index (χ0v) is 9.33. The molecule has 2 heterocycles. The van der Waals surface area contributed by atoms with E-state index in [9.17, 15) is 0 Å². The highest BCUT2D eigenvalue weighted by atomic mass is 15.4. The number of nitrogens with one attached hydrogen (secondary N) is 1. The number of H-pyrrole nitrogens is 1. The van der Waals surface area contributed by atoms with Crippen molar-refractivity contribution >= 4 is 0 Å². The first-order chi connectivity index (χ1) is 8.34. The van der Waals surface area contributed by atoms with Gasteiger partial charge in [-0.2, -0.15) is 5.10 Å². The molecule has 5 nitrogen and oxygen atoms in total. The van der Waals surface area contributed by atoms with Crippen LogP contribution in [0.1, 0.15) is 5.82 Å². The normalized spacial score (nSPS) is 10.6. The number of aromatic amines is 1. The SMILES string of the molecule is Cc1nc(-c2ccn[nH]2)nn1-c1ccccc1. The highest BCUT2D eigenvalue weighted by Gasteiger charge is 2.10. The van der Waals surface area contributed by atoms with E-state index in [1.807, 2.05) is 48.0 Å². The van der Waals surface area contributed by atoms with Crippen LogP contribution >= 0.6 is 0 Å². The minimum atomic E-state index is 0.656. The summed E-state index contributed by atoms with van der Waals surface area (Å²) >= 11 is 0. The zero-order valence-electron chi connectivity index (χ0n) is 9.33. The molecule has 0 saturated carbocycles. The van der Waals surface area contributed by atoms with Gasteiger partial charge in [0.1, 0.15) is 11.5 Å². The Balaban J connectivity index is 2.08. The molecule has 0 spiro atoms. The van der Waals surface area contributed by atoms with Crippen LogP contribution in [0, 0.1) is 6.92 Å². The van der Waals surface area contributed by atoms with Gasteiger partial charge < -0.3 is 0 Å². The van der Waals surface area contributed by atoms with Gasteiger partial charge in [0.15, 0.2) is 5.82 Å². The Morgan fingerprint density at radius 1 is 1.12 bits per heavy atom. The van der Waals surface area contributed by atoms with Gasteiger partial charge in [-0.05, 0) is 25.1 Å². The predicted octanol–water partition coefficient (Wildman–Crippen LogP) is 1.97. The number of hydrogen-bond donors (Lipinski definition) is 1. The lowest BCUT2D eigenvalue weighted by Crippen LogP contribution is -1.98. The standard InChI is InChI=1S/C12H11N5/c1-9-14-12(11-7-8-13-15-11)16-17(9)10-5-3-2-4-6-10/h2-8H,1H3,(H,13,15). The maximum Gasteiger partial charge on any atom is 0.199 e. The average Bonchev–Trinajstić information content (AvgIpc) is 2.99. The van der Waals surface area contributed by atoms with Crippen molar-refractivity contribution in [1.82, 2.24) is 25.0 Å². The van der Waals surface area contributed by atoms with Crippen LogP contribution in [0.2, 0.25) is 0 Å². The Labute approximate surface area is 98.1 Å². The molecule has 2 aromatic heterocycles. The van der Waals surface area contributed by atoms with Crippen molar-refractivity contribution in [3.8, 4) is 17.2 Å². The molecule has 1 N–H and O–H groups in total. The fraction of sp³-hybridized carbons (Fsp3) is 0.0833. The van der Waals surface area contributed by atoms with Crippen LogP contribution in [0.3, 0.4) is 0 Å². The van der Waals surface area contributed by atoms with Gasteiger partial charge in [0.25, 0.3) is 0 Å². The quantitative estimate of drug-likeness (QED) is 0.725. The summed E-state index contributed by atoms with van der Waals surface area (Å²) in [6.07, 6.45) is 1.69. The summed E-state index contributed by atoms with van der Waals surface area (Å²) in [4.78, 5) is 4.41. The highest BCUT2D eigenvalue weighted by molar-refractivity contribution is 5.48. The van der Waals surface area contributed by atoms with Crippen LogP contribution in [-0.4, -0.2) is 25.0 Å². The van der Waals surface area contributed by atoms with Crippen molar-refractivity contribution in [1.29, 1.82) is 0 Å². The van der Waals surface area contributed by atoms with E-state index < -0.39 is 0 Å². The summed E-state index contributed by atoms with van der Waals surface area (Å²) in [5.41, 5.74) is 1.83. The first-order valence-corrected chi connectivity index (χ1v) is 5.33. The lowest BCUT2D eigenvalue weighted by molar-refractivity contribution is 0.841. The van der Waals surface area contributed by atoms with Crippen molar-refractivity contribution in [2.24, 2.45) is 0 Å². The topological polar surface area (TPSA) is 59.4 Å². The summed E-state index contributed by atoms with van der Waals surface area (Å²) in [7, 11) is 0. The number of hydrogen-bond acceptors (Lipinski definition) is 3. The third kappa shape index (κ3) is 1.71. The van der Waals surface area contributed by atoms with Gasteiger partial charge in [0.2, 0.25) is 0 Å². The fourth-order valence-electron chi connectivity index (χ4n) is 1.70. The van der Waals surface area contributed by atoms with Gasteiger partial charge in [-0.3, -0.25) is 5.10 Å². The Morgan fingerprint density at radius 2 is 1.94 bits per heavy atom. The second-order valence-electron chi connectivity index (χ2n) is 3.70. The molecule has 84 valence electrons. The van der Waals surface area contributed by atoms with Gasteiger partial charge in [-0.15, -0.1) is 5.10 Å². The van der Waals surface area contributed by atoms with E-state index in [0.29, 0.717) is 5.82 Å². The summed E-state index contributed by atoms with van der Waals surface area (Å²) in [6, 6.07) is 11.8. The van der Waals surface area contributed by atoms with Crippen LogP contribution in [0.4, 0.5) is 0 Å². The minimum absolute atomic E-state index is 0.656. The summed E-state index contributed by atoms with van der Waals surface area (Å²) in [5.74, 6) is 1.50. The van der Waals surface area contributed by atoms with E-state index in [2.05, 4.69) is 20.3 Å². The zero-order chi connectivity index (χ0) is 11.7. The molecule has 0 aliphatic carbocycles. The molecule has 0 bridgehead atoms. The van der Waals surface area contributed by atoms with Crippen molar-refractivity contribution in [3.05, 3.63) is 48.4 Å². The smallest absolute Gasteiger partial charge is 0.199 e. The number of aryl methyl sites for hydroxylation is 1. The van der Waals surface area contributed by atoms with Gasteiger partial charge in [-0.1, -0.05) is 18.2 Å². The van der Waals surface area contributed by atoms with Crippen LogP contribution in [0.15, 0.2) is 42.6 Å². The summed E-state index contributed by atoms with van der Waals surface area (Å²) in [5, 5.41) is 11.2. The highest BCUT2D eigenvalue weighted by Crippen LogP contribution is 2.15. The number of para-hydroxylation sites is 1.